The lowest BCUT2D eigenvalue weighted by Crippen LogP contribution is -2.46. The van der Waals surface area contributed by atoms with E-state index in [0.29, 0.717) is 36.0 Å². The molecule has 2 aliphatic heterocycles. The van der Waals surface area contributed by atoms with Crippen LogP contribution in [0.2, 0.25) is 0 Å². The number of piperidine rings is 2. The van der Waals surface area contributed by atoms with Gasteiger partial charge >= 0.3 is 5.97 Å². The quantitative estimate of drug-likeness (QED) is 0.163. The standard InChI is InChI=1S/C40H48N4O4/c1-3-35(29-14-8-5-9-15-29)42-40(46)38-33-19-18-32(48-28-37(45)47-4-2)26-36(33)41-39(30-16-10-6-11-17-30)34(38)27-43-24-20-31(21-25-43)44-22-12-7-13-23-44/h5-6,8-11,14-19,26,31,35H,3-4,7,12-13,20-25,27-28H2,1-2H3,(H,42,46)/t35-/m0/s1. The molecule has 1 N–H and O–H groups in total. The Balaban J connectivity index is 1.39. The van der Waals surface area contributed by atoms with Crippen LogP contribution in [0.15, 0.2) is 78.9 Å². The molecule has 0 radical (unpaired) electrons. The Morgan fingerprint density at radius 2 is 1.60 bits per heavy atom. The number of hydrogen-bond acceptors (Lipinski definition) is 7. The number of nitrogens with zero attached hydrogens (tertiary/aromatic N) is 3. The topological polar surface area (TPSA) is 84.0 Å². The van der Waals surface area contributed by atoms with Gasteiger partial charge in [-0.1, -0.05) is 74.0 Å². The molecule has 0 bridgehead atoms. The summed E-state index contributed by atoms with van der Waals surface area (Å²) in [6.45, 7) is 8.99. The molecule has 6 rings (SSSR count). The van der Waals surface area contributed by atoms with Crippen molar-refractivity contribution in [3.05, 3.63) is 95.6 Å². The van der Waals surface area contributed by atoms with Crippen LogP contribution in [-0.2, 0) is 16.1 Å². The molecule has 2 aliphatic rings. The third kappa shape index (κ3) is 8.05. The first-order valence-corrected chi connectivity index (χ1v) is 17.7. The van der Waals surface area contributed by atoms with Crippen molar-refractivity contribution < 1.29 is 19.1 Å². The summed E-state index contributed by atoms with van der Waals surface area (Å²) in [6.07, 6.45) is 6.99. The summed E-state index contributed by atoms with van der Waals surface area (Å²) in [5.74, 6) is -0.0492. The Bertz CT molecular complexity index is 1670. The highest BCUT2D eigenvalue weighted by Crippen LogP contribution is 2.34. The van der Waals surface area contributed by atoms with Crippen molar-refractivity contribution in [3.8, 4) is 17.0 Å². The van der Waals surface area contributed by atoms with Crippen LogP contribution in [0, 0.1) is 0 Å². The normalized spacial score (nSPS) is 16.8. The van der Waals surface area contributed by atoms with Crippen LogP contribution in [0.3, 0.4) is 0 Å². The average molecular weight is 649 g/mol. The SMILES string of the molecule is CCOC(=O)COc1ccc2c(C(=O)N[C@@H](CC)c3ccccc3)c(CN3CCC(N4CCCCC4)CC3)c(-c3ccccc3)nc2c1. The number of ether oxygens (including phenoxy) is 2. The van der Waals surface area contributed by atoms with Gasteiger partial charge in [-0.15, -0.1) is 0 Å². The number of esters is 1. The van der Waals surface area contributed by atoms with Crippen LogP contribution in [0.5, 0.6) is 5.75 Å². The first kappa shape index (κ1) is 33.6. The molecule has 8 heteroatoms. The molecule has 3 aromatic carbocycles. The van der Waals surface area contributed by atoms with E-state index in [-0.39, 0.29) is 18.6 Å². The van der Waals surface area contributed by atoms with Gasteiger partial charge in [0.1, 0.15) is 5.75 Å². The van der Waals surface area contributed by atoms with Gasteiger partial charge in [0.15, 0.2) is 6.61 Å². The third-order valence-electron chi connectivity index (χ3n) is 9.76. The minimum absolute atomic E-state index is 0.117. The Morgan fingerprint density at radius 3 is 2.29 bits per heavy atom. The Morgan fingerprint density at radius 1 is 0.896 bits per heavy atom. The number of likely N-dealkylation sites (tertiary alicyclic amines) is 2. The molecule has 0 spiro atoms. The second-order valence-corrected chi connectivity index (χ2v) is 12.9. The van der Waals surface area contributed by atoms with Crippen molar-refractivity contribution >= 4 is 22.8 Å². The summed E-state index contributed by atoms with van der Waals surface area (Å²) in [4.78, 5) is 37.1. The summed E-state index contributed by atoms with van der Waals surface area (Å²) in [7, 11) is 0. The lowest BCUT2D eigenvalue weighted by molar-refractivity contribution is -0.145. The predicted octanol–water partition coefficient (Wildman–Crippen LogP) is 7.18. The van der Waals surface area contributed by atoms with Crippen molar-refractivity contribution in [2.75, 3.05) is 39.4 Å². The first-order valence-electron chi connectivity index (χ1n) is 17.7. The lowest BCUT2D eigenvalue weighted by atomic mass is 9.93. The molecule has 0 aliphatic carbocycles. The second-order valence-electron chi connectivity index (χ2n) is 12.9. The summed E-state index contributed by atoms with van der Waals surface area (Å²) < 4.78 is 10.9. The Kier molecular flexibility index (Phi) is 11.4. The number of benzene rings is 3. The molecule has 0 unspecified atom stereocenters. The number of pyridine rings is 1. The van der Waals surface area contributed by atoms with E-state index in [4.69, 9.17) is 14.5 Å². The van der Waals surface area contributed by atoms with E-state index in [0.717, 1.165) is 60.1 Å². The van der Waals surface area contributed by atoms with Crippen LogP contribution in [-0.4, -0.2) is 72.1 Å². The summed E-state index contributed by atoms with van der Waals surface area (Å²) >= 11 is 0. The van der Waals surface area contributed by atoms with Crippen LogP contribution in [0.25, 0.3) is 22.2 Å². The third-order valence-corrected chi connectivity index (χ3v) is 9.76. The maximum Gasteiger partial charge on any atom is 0.344 e. The minimum atomic E-state index is -0.429. The molecule has 0 saturated carbocycles. The molecule has 1 aromatic heterocycles. The van der Waals surface area contributed by atoms with Crippen LogP contribution in [0.4, 0.5) is 0 Å². The van der Waals surface area contributed by atoms with Gasteiger partial charge in [-0.05, 0) is 82.9 Å². The fourth-order valence-corrected chi connectivity index (χ4v) is 7.25. The maximum atomic E-state index is 14.6. The molecule has 1 atom stereocenters. The van der Waals surface area contributed by atoms with E-state index in [2.05, 4.69) is 46.3 Å². The zero-order valence-electron chi connectivity index (χ0n) is 28.3. The van der Waals surface area contributed by atoms with Crippen molar-refractivity contribution in [2.24, 2.45) is 0 Å². The fraction of sp³-hybridized carbons (Fsp3) is 0.425. The van der Waals surface area contributed by atoms with E-state index in [1.807, 2.05) is 54.6 Å². The minimum Gasteiger partial charge on any atom is -0.482 e. The van der Waals surface area contributed by atoms with E-state index >= 15 is 0 Å². The van der Waals surface area contributed by atoms with E-state index in [1.54, 1.807) is 6.92 Å². The number of fused-ring (bicyclic) bond motifs is 1. The zero-order chi connectivity index (χ0) is 33.3. The molecule has 252 valence electrons. The van der Waals surface area contributed by atoms with Gasteiger partial charge in [0.05, 0.1) is 29.4 Å². The molecule has 2 saturated heterocycles. The lowest BCUT2D eigenvalue weighted by Gasteiger charge is -2.40. The van der Waals surface area contributed by atoms with Crippen LogP contribution in [0.1, 0.15) is 79.9 Å². The number of rotatable bonds is 12. The molecule has 1 amide bonds. The predicted molar refractivity (Wildman–Crippen MR) is 190 cm³/mol. The largest absolute Gasteiger partial charge is 0.482 e. The molecular formula is C40H48N4O4. The van der Waals surface area contributed by atoms with Crippen molar-refractivity contribution in [1.29, 1.82) is 0 Å². The highest BCUT2D eigenvalue weighted by atomic mass is 16.6. The van der Waals surface area contributed by atoms with Gasteiger partial charge in [0.2, 0.25) is 0 Å². The smallest absolute Gasteiger partial charge is 0.344 e. The van der Waals surface area contributed by atoms with Crippen LogP contribution >= 0.6 is 0 Å². The van der Waals surface area contributed by atoms with Gasteiger partial charge in [0, 0.05) is 35.2 Å². The fourth-order valence-electron chi connectivity index (χ4n) is 7.25. The van der Waals surface area contributed by atoms with Gasteiger partial charge in [-0.2, -0.15) is 0 Å². The van der Waals surface area contributed by atoms with Crippen molar-refractivity contribution in [1.82, 2.24) is 20.1 Å². The summed E-state index contributed by atoms with van der Waals surface area (Å²) in [6, 6.07) is 26.3. The summed E-state index contributed by atoms with van der Waals surface area (Å²) in [5, 5.41) is 4.14. The number of nitrogens with one attached hydrogen (secondary N) is 1. The number of carbonyl (C=O) groups excluding carboxylic acids is 2. The molecule has 4 aromatic rings. The Labute approximate surface area is 284 Å². The average Bonchev–Trinajstić information content (AvgIpc) is 3.14. The monoisotopic (exact) mass is 648 g/mol. The van der Waals surface area contributed by atoms with Gasteiger partial charge < -0.3 is 19.7 Å². The molecule has 8 nitrogen and oxygen atoms in total. The number of amides is 1. The number of aromatic nitrogens is 1. The maximum absolute atomic E-state index is 14.6. The van der Waals surface area contributed by atoms with E-state index in [1.165, 1.54) is 32.4 Å². The van der Waals surface area contributed by atoms with Gasteiger partial charge in [0.25, 0.3) is 5.91 Å². The zero-order valence-corrected chi connectivity index (χ0v) is 28.3. The molecule has 2 fully saturated rings. The number of carbonyl (C=O) groups is 2. The second kappa shape index (κ2) is 16.2. The molecule has 3 heterocycles. The first-order chi connectivity index (χ1) is 23.5. The molecular weight excluding hydrogens is 600 g/mol. The van der Waals surface area contributed by atoms with Crippen molar-refractivity contribution in [3.63, 3.8) is 0 Å². The van der Waals surface area contributed by atoms with E-state index in [9.17, 15) is 9.59 Å². The van der Waals surface area contributed by atoms with Crippen LogP contribution < -0.4 is 10.1 Å². The summed E-state index contributed by atoms with van der Waals surface area (Å²) in [5.41, 5.74) is 5.04. The highest BCUT2D eigenvalue weighted by molar-refractivity contribution is 6.09. The van der Waals surface area contributed by atoms with Gasteiger partial charge in [-0.3, -0.25) is 9.69 Å². The van der Waals surface area contributed by atoms with Crippen molar-refractivity contribution in [2.45, 2.75) is 71.0 Å². The Hall–Kier alpha value is -4.27. The number of hydrogen-bond donors (Lipinski definition) is 1. The highest BCUT2D eigenvalue weighted by Gasteiger charge is 2.29. The van der Waals surface area contributed by atoms with Gasteiger partial charge in [-0.25, -0.2) is 9.78 Å². The molecule has 48 heavy (non-hydrogen) atoms. The van der Waals surface area contributed by atoms with E-state index < -0.39 is 5.97 Å².